The van der Waals surface area contributed by atoms with E-state index >= 15 is 0 Å². The van der Waals surface area contributed by atoms with Crippen molar-refractivity contribution in [3.05, 3.63) is 29.3 Å². The Kier molecular flexibility index (Phi) is 5.56. The number of thiocarbonyl (C=S) groups is 1. The zero-order valence-corrected chi connectivity index (χ0v) is 12.2. The van der Waals surface area contributed by atoms with E-state index in [1.54, 1.807) is 7.11 Å². The van der Waals surface area contributed by atoms with Gasteiger partial charge < -0.3 is 15.2 Å². The van der Waals surface area contributed by atoms with Gasteiger partial charge in [-0.25, -0.2) is 0 Å². The molecule has 100 valence electrons. The van der Waals surface area contributed by atoms with E-state index in [-0.39, 0.29) is 6.10 Å². The number of ether oxygens (including phenoxy) is 2. The first-order chi connectivity index (χ1) is 8.45. The van der Waals surface area contributed by atoms with Crippen LogP contribution in [0.1, 0.15) is 31.9 Å². The van der Waals surface area contributed by atoms with E-state index in [4.69, 9.17) is 27.4 Å². The molecule has 0 heterocycles. The molecule has 1 atom stereocenters. The summed E-state index contributed by atoms with van der Waals surface area (Å²) >= 11 is 5.01. The fourth-order valence-electron chi connectivity index (χ4n) is 1.46. The minimum atomic E-state index is 0.223. The van der Waals surface area contributed by atoms with Crippen LogP contribution in [0.5, 0.6) is 5.75 Å². The topological polar surface area (TPSA) is 44.5 Å². The van der Waals surface area contributed by atoms with E-state index in [1.807, 2.05) is 18.2 Å². The lowest BCUT2D eigenvalue weighted by atomic mass is 10.1. The largest absolute Gasteiger partial charge is 0.496 e. The predicted molar refractivity (Wildman–Crippen MR) is 78.0 cm³/mol. The van der Waals surface area contributed by atoms with Crippen molar-refractivity contribution < 1.29 is 9.47 Å². The number of methoxy groups -OCH3 is 1. The zero-order chi connectivity index (χ0) is 13.7. The van der Waals surface area contributed by atoms with Crippen LogP contribution >= 0.6 is 12.2 Å². The van der Waals surface area contributed by atoms with Crippen LogP contribution < -0.4 is 10.5 Å². The smallest absolute Gasteiger partial charge is 0.129 e. The van der Waals surface area contributed by atoms with Crippen molar-refractivity contribution in [3.8, 4) is 5.75 Å². The van der Waals surface area contributed by atoms with Crippen LogP contribution in [-0.2, 0) is 11.3 Å². The first-order valence-corrected chi connectivity index (χ1v) is 6.44. The standard InChI is InChI=1S/C14H21NO2S/c1-9(2)10(3)17-8-11-5-6-13(16-4)12(7-11)14(15)18/h5-7,9-10H,8H2,1-4H3,(H2,15,18). The highest BCUT2D eigenvalue weighted by atomic mass is 32.1. The van der Waals surface area contributed by atoms with Gasteiger partial charge in [-0.1, -0.05) is 32.1 Å². The van der Waals surface area contributed by atoms with Crippen molar-refractivity contribution in [3.63, 3.8) is 0 Å². The zero-order valence-electron chi connectivity index (χ0n) is 11.4. The van der Waals surface area contributed by atoms with E-state index in [0.29, 0.717) is 23.3 Å². The lowest BCUT2D eigenvalue weighted by molar-refractivity contribution is 0.0235. The van der Waals surface area contributed by atoms with Crippen molar-refractivity contribution in [1.29, 1.82) is 0 Å². The Morgan fingerprint density at radius 3 is 2.50 bits per heavy atom. The summed E-state index contributed by atoms with van der Waals surface area (Å²) in [4.78, 5) is 0.339. The van der Waals surface area contributed by atoms with Gasteiger partial charge in [0.1, 0.15) is 10.7 Å². The SMILES string of the molecule is COc1ccc(COC(C)C(C)C)cc1C(N)=S. The number of rotatable bonds is 6. The summed E-state index contributed by atoms with van der Waals surface area (Å²) in [5, 5.41) is 0. The van der Waals surface area contributed by atoms with Crippen molar-refractivity contribution in [2.75, 3.05) is 7.11 Å². The molecule has 1 aromatic rings. The Morgan fingerprint density at radius 2 is 2.00 bits per heavy atom. The van der Waals surface area contributed by atoms with Crippen molar-refractivity contribution in [1.82, 2.24) is 0 Å². The highest BCUT2D eigenvalue weighted by molar-refractivity contribution is 7.80. The predicted octanol–water partition coefficient (Wildman–Crippen LogP) is 2.89. The molecular weight excluding hydrogens is 246 g/mol. The second-order valence-corrected chi connectivity index (χ2v) is 5.10. The van der Waals surface area contributed by atoms with E-state index < -0.39 is 0 Å². The van der Waals surface area contributed by atoms with Gasteiger partial charge in [0.15, 0.2) is 0 Å². The molecule has 2 N–H and O–H groups in total. The third-order valence-electron chi connectivity index (χ3n) is 2.98. The summed E-state index contributed by atoms with van der Waals surface area (Å²) in [5.74, 6) is 1.20. The lowest BCUT2D eigenvalue weighted by Crippen LogP contribution is -2.16. The van der Waals surface area contributed by atoms with Crippen LogP contribution in [0, 0.1) is 5.92 Å². The van der Waals surface area contributed by atoms with Crippen LogP contribution in [0.25, 0.3) is 0 Å². The van der Waals surface area contributed by atoms with Crippen LogP contribution in [0.2, 0.25) is 0 Å². The molecule has 3 nitrogen and oxygen atoms in total. The van der Waals surface area contributed by atoms with Crippen molar-refractivity contribution in [2.24, 2.45) is 11.7 Å². The van der Waals surface area contributed by atoms with Gasteiger partial charge in [-0.15, -0.1) is 0 Å². The molecule has 18 heavy (non-hydrogen) atoms. The van der Waals surface area contributed by atoms with Gasteiger partial charge in [0.2, 0.25) is 0 Å². The quantitative estimate of drug-likeness (QED) is 0.805. The van der Waals surface area contributed by atoms with E-state index in [0.717, 1.165) is 11.1 Å². The molecule has 1 aromatic carbocycles. The summed E-state index contributed by atoms with van der Waals surface area (Å²) in [7, 11) is 1.61. The second-order valence-electron chi connectivity index (χ2n) is 4.66. The molecular formula is C14H21NO2S. The maximum absolute atomic E-state index is 5.77. The van der Waals surface area contributed by atoms with Crippen molar-refractivity contribution >= 4 is 17.2 Å². The van der Waals surface area contributed by atoms with Gasteiger partial charge >= 0.3 is 0 Å². The highest BCUT2D eigenvalue weighted by Crippen LogP contribution is 2.21. The van der Waals surface area contributed by atoms with E-state index in [9.17, 15) is 0 Å². The third kappa shape index (κ3) is 3.96. The summed E-state index contributed by atoms with van der Waals surface area (Å²) in [6.45, 7) is 6.90. The minimum Gasteiger partial charge on any atom is -0.496 e. The maximum Gasteiger partial charge on any atom is 0.129 e. The van der Waals surface area contributed by atoms with Crippen molar-refractivity contribution in [2.45, 2.75) is 33.5 Å². The summed E-state index contributed by atoms with van der Waals surface area (Å²) in [6.07, 6.45) is 0.223. The fraction of sp³-hybridized carbons (Fsp3) is 0.500. The molecule has 0 spiro atoms. The van der Waals surface area contributed by atoms with Gasteiger partial charge in [0.25, 0.3) is 0 Å². The average Bonchev–Trinajstić information content (AvgIpc) is 2.35. The first-order valence-electron chi connectivity index (χ1n) is 6.04. The molecule has 0 aliphatic heterocycles. The number of hydrogen-bond acceptors (Lipinski definition) is 3. The van der Waals surface area contributed by atoms with Gasteiger partial charge in [0.05, 0.1) is 25.4 Å². The fourth-order valence-corrected chi connectivity index (χ4v) is 1.62. The molecule has 1 rings (SSSR count). The highest BCUT2D eigenvalue weighted by Gasteiger charge is 2.10. The van der Waals surface area contributed by atoms with Gasteiger partial charge in [-0.05, 0) is 30.5 Å². The minimum absolute atomic E-state index is 0.223. The van der Waals surface area contributed by atoms with Crippen LogP contribution in [0.4, 0.5) is 0 Å². The average molecular weight is 267 g/mol. The molecule has 0 fully saturated rings. The Labute approximate surface area is 114 Å². The summed E-state index contributed by atoms with van der Waals surface area (Å²) in [5.41, 5.74) is 7.48. The molecule has 0 amide bonds. The second kappa shape index (κ2) is 6.71. The molecule has 0 aliphatic rings. The molecule has 0 radical (unpaired) electrons. The van der Waals surface area contributed by atoms with Gasteiger partial charge in [-0.2, -0.15) is 0 Å². The molecule has 0 bridgehead atoms. The molecule has 0 aliphatic carbocycles. The molecule has 0 saturated carbocycles. The monoisotopic (exact) mass is 267 g/mol. The summed E-state index contributed by atoms with van der Waals surface area (Å²) in [6, 6.07) is 5.76. The Balaban J connectivity index is 2.79. The molecule has 4 heteroatoms. The lowest BCUT2D eigenvalue weighted by Gasteiger charge is -2.17. The third-order valence-corrected chi connectivity index (χ3v) is 3.20. The first kappa shape index (κ1) is 14.9. The van der Waals surface area contributed by atoms with Crippen LogP contribution in [0.15, 0.2) is 18.2 Å². The number of nitrogens with two attached hydrogens (primary N) is 1. The van der Waals surface area contributed by atoms with Crippen LogP contribution in [-0.4, -0.2) is 18.2 Å². The molecule has 0 aromatic heterocycles. The number of benzene rings is 1. The van der Waals surface area contributed by atoms with Crippen LogP contribution in [0.3, 0.4) is 0 Å². The Bertz CT molecular complexity index is 418. The Hall–Kier alpha value is -1.13. The maximum atomic E-state index is 5.77. The Morgan fingerprint density at radius 1 is 1.33 bits per heavy atom. The van der Waals surface area contributed by atoms with Gasteiger partial charge in [0, 0.05) is 0 Å². The van der Waals surface area contributed by atoms with Gasteiger partial charge in [-0.3, -0.25) is 0 Å². The van der Waals surface area contributed by atoms with E-state index in [1.165, 1.54) is 0 Å². The summed E-state index contributed by atoms with van der Waals surface area (Å²) < 4.78 is 11.0. The number of hydrogen-bond donors (Lipinski definition) is 1. The normalized spacial score (nSPS) is 12.5. The molecule has 0 saturated heterocycles. The molecule has 1 unspecified atom stereocenters. The van der Waals surface area contributed by atoms with E-state index in [2.05, 4.69) is 20.8 Å².